The highest BCUT2D eigenvalue weighted by molar-refractivity contribution is 6.21. The van der Waals surface area contributed by atoms with Crippen LogP contribution in [0.4, 0.5) is 0 Å². The van der Waals surface area contributed by atoms with Gasteiger partial charge in [0, 0.05) is 0 Å². The fraction of sp³-hybridized carbons (Fsp3) is 1.00. The predicted octanol–water partition coefficient (Wildman–Crippen LogP) is -1.97. The van der Waals surface area contributed by atoms with E-state index in [1.165, 1.54) is 0 Å². The highest BCUT2D eigenvalue weighted by atomic mass is 35.5. The number of aliphatic hydroxyl groups is 4. The van der Waals surface area contributed by atoms with Crippen LogP contribution < -0.4 is 0 Å². The first kappa shape index (κ1) is 10.2. The van der Waals surface area contributed by atoms with E-state index in [-0.39, 0.29) is 0 Å². The molecule has 0 aromatic rings. The predicted molar refractivity (Wildman–Crippen MR) is 39.6 cm³/mol. The van der Waals surface area contributed by atoms with E-state index in [1.807, 2.05) is 0 Å². The van der Waals surface area contributed by atoms with Gasteiger partial charge in [0.2, 0.25) is 0 Å². The van der Waals surface area contributed by atoms with Crippen LogP contribution in [-0.4, -0.2) is 57.0 Å². The average Bonchev–Trinajstić information content (AvgIpc) is 2.08. The molecule has 1 aliphatic rings. The Hall–Kier alpha value is 0.0900. The highest BCUT2D eigenvalue weighted by Gasteiger charge is 2.42. The van der Waals surface area contributed by atoms with Gasteiger partial charge < -0.3 is 25.2 Å². The fourth-order valence-electron chi connectivity index (χ4n) is 1.06. The smallest absolute Gasteiger partial charge is 0.183 e. The van der Waals surface area contributed by atoms with Gasteiger partial charge in [-0.1, -0.05) is 0 Å². The van der Waals surface area contributed by atoms with Gasteiger partial charge in [-0.05, 0) is 0 Å². The molecular weight excluding hydrogens is 188 g/mol. The molecule has 1 fully saturated rings. The molecule has 0 amide bonds. The van der Waals surface area contributed by atoms with Crippen molar-refractivity contribution in [3.63, 3.8) is 0 Å². The molecule has 0 aliphatic carbocycles. The summed E-state index contributed by atoms with van der Waals surface area (Å²) in [6.07, 6.45) is -5.05. The monoisotopic (exact) mass is 198 g/mol. The van der Waals surface area contributed by atoms with E-state index < -0.39 is 36.6 Å². The van der Waals surface area contributed by atoms with Gasteiger partial charge >= 0.3 is 0 Å². The summed E-state index contributed by atoms with van der Waals surface area (Å²) in [6.45, 7) is -0.408. The van der Waals surface area contributed by atoms with Crippen molar-refractivity contribution in [2.45, 2.75) is 30.0 Å². The molecule has 12 heavy (non-hydrogen) atoms. The van der Waals surface area contributed by atoms with Crippen LogP contribution in [-0.2, 0) is 4.74 Å². The summed E-state index contributed by atoms with van der Waals surface area (Å²) in [6, 6.07) is 0. The third-order valence-corrected chi connectivity index (χ3v) is 2.36. The largest absolute Gasteiger partial charge is 0.394 e. The number of alkyl halides is 1. The van der Waals surface area contributed by atoms with Gasteiger partial charge in [-0.2, -0.15) is 0 Å². The molecular formula is C6H11ClO5. The summed E-state index contributed by atoms with van der Waals surface area (Å²) in [5, 5.41) is 35.0. The number of hydrogen-bond donors (Lipinski definition) is 4. The SMILES string of the molecule is OC[C@H]1O[C@H](O)[C@H](O)[C@@H](O)[C@H]1Cl. The van der Waals surface area contributed by atoms with Crippen molar-refractivity contribution in [1.82, 2.24) is 0 Å². The van der Waals surface area contributed by atoms with Crippen molar-refractivity contribution < 1.29 is 25.2 Å². The van der Waals surface area contributed by atoms with Gasteiger partial charge in [0.15, 0.2) is 6.29 Å². The van der Waals surface area contributed by atoms with E-state index in [0.717, 1.165) is 0 Å². The lowest BCUT2D eigenvalue weighted by Gasteiger charge is -2.37. The van der Waals surface area contributed by atoms with Crippen LogP contribution in [0.25, 0.3) is 0 Å². The first-order valence-corrected chi connectivity index (χ1v) is 3.96. The Morgan fingerprint density at radius 3 is 2.25 bits per heavy atom. The van der Waals surface area contributed by atoms with E-state index in [1.54, 1.807) is 0 Å². The molecule has 5 nitrogen and oxygen atoms in total. The molecule has 0 aromatic carbocycles. The zero-order chi connectivity index (χ0) is 9.30. The van der Waals surface area contributed by atoms with Crippen molar-refractivity contribution in [2.24, 2.45) is 0 Å². The van der Waals surface area contributed by atoms with Gasteiger partial charge in [0.1, 0.15) is 18.3 Å². The number of ether oxygens (including phenoxy) is 1. The standard InChI is InChI=1S/C6H11ClO5/c7-3-2(1-8)12-6(11)5(10)4(3)9/h2-6,8-11H,1H2/t2-,3+,4+,5-,6+/m1/s1. The quantitative estimate of drug-likeness (QED) is 0.367. The van der Waals surface area contributed by atoms with Crippen LogP contribution in [0, 0.1) is 0 Å². The molecule has 0 bridgehead atoms. The lowest BCUT2D eigenvalue weighted by atomic mass is 10.0. The minimum absolute atomic E-state index is 0.408. The van der Waals surface area contributed by atoms with Crippen molar-refractivity contribution in [3.8, 4) is 0 Å². The molecule has 1 aliphatic heterocycles. The van der Waals surface area contributed by atoms with E-state index in [4.69, 9.17) is 31.7 Å². The second kappa shape index (κ2) is 3.87. The van der Waals surface area contributed by atoms with Gasteiger partial charge in [-0.3, -0.25) is 0 Å². The summed E-state index contributed by atoms with van der Waals surface area (Å²) < 4.78 is 4.69. The molecule has 1 saturated heterocycles. The molecule has 4 N–H and O–H groups in total. The van der Waals surface area contributed by atoms with E-state index in [0.29, 0.717) is 0 Å². The van der Waals surface area contributed by atoms with Crippen LogP contribution in [0.15, 0.2) is 0 Å². The summed E-state index contributed by atoms with van der Waals surface area (Å²) >= 11 is 5.59. The summed E-state index contributed by atoms with van der Waals surface area (Å²) in [5.74, 6) is 0. The molecule has 0 radical (unpaired) electrons. The third kappa shape index (κ3) is 1.71. The molecule has 72 valence electrons. The summed E-state index contributed by atoms with van der Waals surface area (Å²) in [4.78, 5) is 0. The summed E-state index contributed by atoms with van der Waals surface area (Å²) in [5.41, 5.74) is 0. The van der Waals surface area contributed by atoms with Gasteiger partial charge in [0.25, 0.3) is 0 Å². The van der Waals surface area contributed by atoms with Crippen LogP contribution in [0.3, 0.4) is 0 Å². The number of hydrogen-bond acceptors (Lipinski definition) is 5. The van der Waals surface area contributed by atoms with Crippen LogP contribution >= 0.6 is 11.6 Å². The molecule has 0 unspecified atom stereocenters. The summed E-state index contributed by atoms with van der Waals surface area (Å²) in [7, 11) is 0. The van der Waals surface area contributed by atoms with Gasteiger partial charge in [-0.25, -0.2) is 0 Å². The second-order valence-corrected chi connectivity index (χ2v) is 3.18. The first-order chi connectivity index (χ1) is 5.57. The first-order valence-electron chi connectivity index (χ1n) is 3.52. The Morgan fingerprint density at radius 1 is 1.17 bits per heavy atom. The molecule has 1 heterocycles. The highest BCUT2D eigenvalue weighted by Crippen LogP contribution is 2.23. The molecule has 6 heteroatoms. The van der Waals surface area contributed by atoms with Crippen molar-refractivity contribution >= 4 is 11.6 Å². The fourth-order valence-corrected chi connectivity index (χ4v) is 1.34. The topological polar surface area (TPSA) is 90.2 Å². The van der Waals surface area contributed by atoms with Gasteiger partial charge in [-0.15, -0.1) is 11.6 Å². The normalized spacial score (nSPS) is 49.2. The second-order valence-electron chi connectivity index (χ2n) is 2.67. The van der Waals surface area contributed by atoms with Crippen LogP contribution in [0.2, 0.25) is 0 Å². The Balaban J connectivity index is 2.63. The zero-order valence-electron chi connectivity index (χ0n) is 6.17. The maximum atomic E-state index is 9.19. The minimum Gasteiger partial charge on any atom is -0.394 e. The van der Waals surface area contributed by atoms with E-state index in [9.17, 15) is 5.11 Å². The maximum Gasteiger partial charge on any atom is 0.183 e. The Labute approximate surface area is 74.2 Å². The molecule has 0 aromatic heterocycles. The lowest BCUT2D eigenvalue weighted by molar-refractivity contribution is -0.249. The van der Waals surface area contributed by atoms with Gasteiger partial charge in [0.05, 0.1) is 12.0 Å². The van der Waals surface area contributed by atoms with E-state index >= 15 is 0 Å². The zero-order valence-corrected chi connectivity index (χ0v) is 6.92. The molecule has 0 spiro atoms. The third-order valence-electron chi connectivity index (χ3n) is 1.82. The van der Waals surface area contributed by atoms with Crippen molar-refractivity contribution in [3.05, 3.63) is 0 Å². The van der Waals surface area contributed by atoms with Crippen molar-refractivity contribution in [1.29, 1.82) is 0 Å². The lowest BCUT2D eigenvalue weighted by Crippen LogP contribution is -2.56. The number of aliphatic hydroxyl groups excluding tert-OH is 4. The number of halogens is 1. The molecule has 5 atom stereocenters. The Morgan fingerprint density at radius 2 is 1.75 bits per heavy atom. The molecule has 0 saturated carbocycles. The average molecular weight is 199 g/mol. The van der Waals surface area contributed by atoms with Crippen LogP contribution in [0.5, 0.6) is 0 Å². The Kier molecular flexibility index (Phi) is 3.28. The maximum absolute atomic E-state index is 9.19. The van der Waals surface area contributed by atoms with E-state index in [2.05, 4.69) is 0 Å². The Bertz CT molecular complexity index is 150. The van der Waals surface area contributed by atoms with Crippen molar-refractivity contribution in [2.75, 3.05) is 6.61 Å². The molecule has 1 rings (SSSR count). The number of rotatable bonds is 1. The van der Waals surface area contributed by atoms with Crippen LogP contribution in [0.1, 0.15) is 0 Å². The minimum atomic E-state index is -1.49.